The average Bonchev–Trinajstić information content (AvgIpc) is 2.76. The van der Waals surface area contributed by atoms with Crippen LogP contribution in [-0.2, 0) is 15.7 Å². The van der Waals surface area contributed by atoms with E-state index >= 15 is 0 Å². The minimum absolute atomic E-state index is 0.111. The molecule has 1 saturated carbocycles. The van der Waals surface area contributed by atoms with Gasteiger partial charge in [-0.25, -0.2) is 18.1 Å². The van der Waals surface area contributed by atoms with Crippen molar-refractivity contribution in [3.8, 4) is 0 Å². The molecule has 7 heteroatoms. The van der Waals surface area contributed by atoms with E-state index in [2.05, 4.69) is 10.1 Å². The van der Waals surface area contributed by atoms with Crippen LogP contribution in [0.3, 0.4) is 0 Å². The fourth-order valence-electron chi connectivity index (χ4n) is 2.41. The predicted molar refractivity (Wildman–Crippen MR) is 65.7 cm³/mol. The van der Waals surface area contributed by atoms with Crippen LogP contribution >= 0.6 is 11.6 Å². The van der Waals surface area contributed by atoms with Crippen molar-refractivity contribution in [2.75, 3.05) is 6.26 Å². The van der Waals surface area contributed by atoms with E-state index in [9.17, 15) is 8.42 Å². The number of rotatable bonds is 3. The summed E-state index contributed by atoms with van der Waals surface area (Å²) in [6.07, 6.45) is 6.00. The number of halogens is 1. The molecule has 1 aromatic rings. The lowest BCUT2D eigenvalue weighted by Crippen LogP contribution is -2.29. The Morgan fingerprint density at radius 2 is 2.29 bits per heavy atom. The van der Waals surface area contributed by atoms with Gasteiger partial charge in [0.15, 0.2) is 0 Å². The second kappa shape index (κ2) is 4.94. The molecule has 0 amide bonds. The van der Waals surface area contributed by atoms with Gasteiger partial charge in [-0.3, -0.25) is 0 Å². The highest BCUT2D eigenvalue weighted by molar-refractivity contribution is 7.91. The largest absolute Gasteiger partial charge is 0.246 e. The van der Waals surface area contributed by atoms with Crippen molar-refractivity contribution in [3.05, 3.63) is 12.2 Å². The lowest BCUT2D eigenvalue weighted by Gasteiger charge is -2.28. The van der Waals surface area contributed by atoms with Crippen molar-refractivity contribution in [2.24, 2.45) is 0 Å². The van der Waals surface area contributed by atoms with Gasteiger partial charge >= 0.3 is 0 Å². The van der Waals surface area contributed by atoms with Crippen molar-refractivity contribution in [1.82, 2.24) is 14.8 Å². The Kier molecular flexibility index (Phi) is 3.73. The third-order valence-corrected chi connectivity index (χ3v) is 5.19. The zero-order chi connectivity index (χ0) is 12.5. The maximum Gasteiger partial charge on any atom is 0.150 e. The summed E-state index contributed by atoms with van der Waals surface area (Å²) in [7, 11) is -2.96. The molecule has 1 fully saturated rings. The van der Waals surface area contributed by atoms with E-state index in [-0.39, 0.29) is 11.3 Å². The van der Waals surface area contributed by atoms with E-state index < -0.39 is 9.84 Å². The molecular weight excluding hydrogens is 262 g/mol. The molecule has 0 N–H and O–H groups in total. The SMILES string of the molecule is CS(=O)(=O)C1CCCC(n2ncnc2CCl)C1. The fraction of sp³-hybridized carbons (Fsp3) is 0.800. The molecule has 0 bridgehead atoms. The van der Waals surface area contributed by atoms with Gasteiger partial charge < -0.3 is 0 Å². The minimum Gasteiger partial charge on any atom is -0.246 e. The van der Waals surface area contributed by atoms with E-state index in [1.165, 1.54) is 12.6 Å². The van der Waals surface area contributed by atoms with Gasteiger partial charge in [0.05, 0.1) is 17.2 Å². The number of alkyl halides is 1. The van der Waals surface area contributed by atoms with Crippen molar-refractivity contribution in [2.45, 2.75) is 42.9 Å². The molecule has 0 spiro atoms. The normalized spacial score (nSPS) is 26.0. The van der Waals surface area contributed by atoms with Crippen molar-refractivity contribution in [1.29, 1.82) is 0 Å². The second-order valence-corrected chi connectivity index (χ2v) is 7.12. The number of hydrogen-bond acceptors (Lipinski definition) is 4. The summed E-state index contributed by atoms with van der Waals surface area (Å²) in [5.74, 6) is 1.02. The molecular formula is C10H16ClN3O2S. The van der Waals surface area contributed by atoms with E-state index in [1.54, 1.807) is 4.68 Å². The Bertz CT molecular complexity index is 485. The molecule has 1 aliphatic rings. The van der Waals surface area contributed by atoms with E-state index in [0.29, 0.717) is 18.1 Å². The zero-order valence-electron chi connectivity index (χ0n) is 9.71. The second-order valence-electron chi connectivity index (χ2n) is 4.53. The molecule has 2 atom stereocenters. The number of nitrogens with zero attached hydrogens (tertiary/aromatic N) is 3. The summed E-state index contributed by atoms with van der Waals surface area (Å²) in [4.78, 5) is 4.07. The summed E-state index contributed by atoms with van der Waals surface area (Å²) >= 11 is 5.78. The topological polar surface area (TPSA) is 64.8 Å². The van der Waals surface area contributed by atoms with Crippen molar-refractivity contribution in [3.63, 3.8) is 0 Å². The van der Waals surface area contributed by atoms with Crippen LogP contribution in [0.4, 0.5) is 0 Å². The molecule has 1 aliphatic carbocycles. The van der Waals surface area contributed by atoms with Crippen LogP contribution in [0.15, 0.2) is 6.33 Å². The molecule has 96 valence electrons. The first-order valence-corrected chi connectivity index (χ1v) is 8.14. The summed E-state index contributed by atoms with van der Waals surface area (Å²) in [6, 6.07) is 0.111. The molecule has 17 heavy (non-hydrogen) atoms. The van der Waals surface area contributed by atoms with Gasteiger partial charge in [-0.05, 0) is 19.3 Å². The van der Waals surface area contributed by atoms with Crippen molar-refractivity contribution >= 4 is 21.4 Å². The van der Waals surface area contributed by atoms with Gasteiger partial charge in [-0.15, -0.1) is 11.6 Å². The summed E-state index contributed by atoms with van der Waals surface area (Å²) in [5.41, 5.74) is 0. The third kappa shape index (κ3) is 2.80. The molecule has 0 aliphatic heterocycles. The van der Waals surface area contributed by atoms with Gasteiger partial charge in [0.2, 0.25) is 0 Å². The molecule has 1 aromatic heterocycles. The van der Waals surface area contributed by atoms with Crippen LogP contribution in [0.25, 0.3) is 0 Å². The first-order valence-electron chi connectivity index (χ1n) is 5.65. The highest BCUT2D eigenvalue weighted by atomic mass is 35.5. The highest BCUT2D eigenvalue weighted by Crippen LogP contribution is 2.32. The maximum absolute atomic E-state index is 11.6. The molecule has 2 unspecified atom stereocenters. The first-order chi connectivity index (χ1) is 8.02. The molecule has 1 heterocycles. The van der Waals surface area contributed by atoms with Crippen LogP contribution in [0.1, 0.15) is 37.5 Å². The Morgan fingerprint density at radius 1 is 1.53 bits per heavy atom. The first kappa shape index (κ1) is 12.8. The van der Waals surface area contributed by atoms with Crippen molar-refractivity contribution < 1.29 is 8.42 Å². The number of aromatic nitrogens is 3. The van der Waals surface area contributed by atoms with Crippen LogP contribution in [0, 0.1) is 0 Å². The molecule has 0 saturated heterocycles. The lowest BCUT2D eigenvalue weighted by atomic mass is 9.95. The van der Waals surface area contributed by atoms with Gasteiger partial charge in [0, 0.05) is 6.26 Å². The van der Waals surface area contributed by atoms with Gasteiger partial charge in [0.1, 0.15) is 22.0 Å². The predicted octanol–water partition coefficient (Wildman–Crippen LogP) is 1.55. The van der Waals surface area contributed by atoms with E-state index in [1.807, 2.05) is 0 Å². The highest BCUT2D eigenvalue weighted by Gasteiger charge is 2.30. The number of hydrogen-bond donors (Lipinski definition) is 0. The summed E-state index contributed by atoms with van der Waals surface area (Å²) in [6.45, 7) is 0. The van der Waals surface area contributed by atoms with Crippen LogP contribution in [0.5, 0.6) is 0 Å². The summed E-state index contributed by atoms with van der Waals surface area (Å²) in [5, 5.41) is 3.90. The molecule has 0 radical (unpaired) electrons. The average molecular weight is 278 g/mol. The minimum atomic E-state index is -2.96. The van der Waals surface area contributed by atoms with Gasteiger partial charge in [-0.1, -0.05) is 6.42 Å². The zero-order valence-corrected chi connectivity index (χ0v) is 11.3. The standard InChI is InChI=1S/C10H16ClN3O2S/c1-17(15,16)9-4-2-3-8(5-9)14-10(6-11)12-7-13-14/h7-9H,2-6H2,1H3. The Balaban J connectivity index is 2.18. The molecule has 5 nitrogen and oxygen atoms in total. The molecule has 2 rings (SSSR count). The Hall–Kier alpha value is -0.620. The fourth-order valence-corrected chi connectivity index (χ4v) is 3.76. The smallest absolute Gasteiger partial charge is 0.150 e. The van der Waals surface area contributed by atoms with Crippen LogP contribution in [0.2, 0.25) is 0 Å². The number of sulfone groups is 1. The molecule has 0 aromatic carbocycles. The maximum atomic E-state index is 11.6. The lowest BCUT2D eigenvalue weighted by molar-refractivity contribution is 0.323. The van der Waals surface area contributed by atoms with Gasteiger partial charge in [-0.2, -0.15) is 5.10 Å². The Morgan fingerprint density at radius 3 is 2.94 bits per heavy atom. The van der Waals surface area contributed by atoms with E-state index in [0.717, 1.165) is 19.3 Å². The van der Waals surface area contributed by atoms with Crippen LogP contribution in [-0.4, -0.2) is 34.7 Å². The van der Waals surface area contributed by atoms with E-state index in [4.69, 9.17) is 11.6 Å². The Labute approximate surface area is 106 Å². The summed E-state index contributed by atoms with van der Waals surface area (Å²) < 4.78 is 25.0. The third-order valence-electron chi connectivity index (χ3n) is 3.32. The van der Waals surface area contributed by atoms with Crippen LogP contribution < -0.4 is 0 Å². The van der Waals surface area contributed by atoms with Gasteiger partial charge in [0.25, 0.3) is 0 Å². The quantitative estimate of drug-likeness (QED) is 0.786. The monoisotopic (exact) mass is 277 g/mol.